The summed E-state index contributed by atoms with van der Waals surface area (Å²) >= 11 is 0. The molecule has 0 atom stereocenters. The van der Waals surface area contributed by atoms with Crippen molar-refractivity contribution in [1.82, 2.24) is 0 Å². The highest BCUT2D eigenvalue weighted by molar-refractivity contribution is 7.86. The number of benzene rings is 3. The molecule has 0 aromatic heterocycles. The van der Waals surface area contributed by atoms with Gasteiger partial charge in [-0.25, -0.2) is 8.42 Å². The van der Waals surface area contributed by atoms with Gasteiger partial charge in [-0.2, -0.15) is 26.3 Å². The zero-order chi connectivity index (χ0) is 31.4. The summed E-state index contributed by atoms with van der Waals surface area (Å²) in [4.78, 5) is 0. The Bertz CT molecular complexity index is 1260. The van der Waals surface area contributed by atoms with Crippen LogP contribution in [-0.4, -0.2) is 30.1 Å². The van der Waals surface area contributed by atoms with Crippen LogP contribution in [0.25, 0.3) is 0 Å². The summed E-state index contributed by atoms with van der Waals surface area (Å²) in [5.74, 6) is -11.6. The van der Waals surface area contributed by atoms with Crippen LogP contribution in [0.2, 0.25) is 0 Å². The highest BCUT2D eigenvalue weighted by atomic mass is 32.2. The SMILES string of the molecule is CC(F)(F)C(F)(F)C(F)(F)S(=O)(=O)[O-].CCCCCCCCCc1ccc([PH+](c2ccccc2)c2ccccc2)cc1. The summed E-state index contributed by atoms with van der Waals surface area (Å²) < 4.78 is 101. The summed E-state index contributed by atoms with van der Waals surface area (Å²) in [5, 5.41) is -1.96. The number of hydrogen-bond acceptors (Lipinski definition) is 3. The first-order valence-corrected chi connectivity index (χ1v) is 16.7. The molecule has 42 heavy (non-hydrogen) atoms. The van der Waals surface area contributed by atoms with E-state index in [1.807, 2.05) is 0 Å². The first-order chi connectivity index (χ1) is 19.6. The van der Waals surface area contributed by atoms with Crippen LogP contribution in [-0.2, 0) is 16.5 Å². The van der Waals surface area contributed by atoms with Gasteiger partial charge in [0.05, 0.1) is 7.92 Å². The molecular weight excluding hydrogens is 597 g/mol. The third kappa shape index (κ3) is 9.81. The van der Waals surface area contributed by atoms with Gasteiger partial charge in [0.2, 0.25) is 0 Å². The van der Waals surface area contributed by atoms with Gasteiger partial charge in [0.25, 0.3) is 0 Å². The summed E-state index contributed by atoms with van der Waals surface area (Å²) in [6, 6.07) is 31.5. The van der Waals surface area contributed by atoms with E-state index < -0.39 is 42.1 Å². The summed E-state index contributed by atoms with van der Waals surface area (Å²) in [7, 11) is -7.79. The highest BCUT2D eigenvalue weighted by Gasteiger charge is 2.72. The van der Waals surface area contributed by atoms with Gasteiger partial charge < -0.3 is 4.55 Å². The molecule has 0 amide bonds. The summed E-state index contributed by atoms with van der Waals surface area (Å²) in [5.41, 5.74) is 1.49. The lowest BCUT2D eigenvalue weighted by molar-refractivity contribution is -0.273. The lowest BCUT2D eigenvalue weighted by Crippen LogP contribution is -2.56. The van der Waals surface area contributed by atoms with Crippen LogP contribution in [0, 0.1) is 0 Å². The lowest BCUT2D eigenvalue weighted by Gasteiger charge is -2.31. The topological polar surface area (TPSA) is 57.2 Å². The van der Waals surface area contributed by atoms with Crippen molar-refractivity contribution >= 4 is 34.0 Å². The predicted molar refractivity (Wildman–Crippen MR) is 158 cm³/mol. The van der Waals surface area contributed by atoms with E-state index in [-0.39, 0.29) is 0 Å². The van der Waals surface area contributed by atoms with Gasteiger partial charge in [-0.3, -0.25) is 0 Å². The number of unbranched alkanes of at least 4 members (excludes halogenated alkanes) is 6. The van der Waals surface area contributed by atoms with Crippen LogP contribution in [0.15, 0.2) is 84.9 Å². The molecule has 0 unspecified atom stereocenters. The fourth-order valence-corrected chi connectivity index (χ4v) is 7.29. The van der Waals surface area contributed by atoms with Crippen molar-refractivity contribution in [1.29, 1.82) is 0 Å². The number of alkyl halides is 6. The Morgan fingerprint density at radius 3 is 1.43 bits per heavy atom. The van der Waals surface area contributed by atoms with E-state index >= 15 is 0 Å². The Balaban J connectivity index is 0.000000374. The monoisotopic (exact) mass is 634 g/mol. The molecule has 0 aliphatic heterocycles. The van der Waals surface area contributed by atoms with Gasteiger partial charge in [-0.05, 0) is 54.8 Å². The number of rotatable bonds is 14. The van der Waals surface area contributed by atoms with Gasteiger partial charge in [0.1, 0.15) is 15.9 Å². The second kappa shape index (κ2) is 15.9. The average Bonchev–Trinajstić information content (AvgIpc) is 2.94. The molecule has 0 spiro atoms. The zero-order valence-corrected chi connectivity index (χ0v) is 25.5. The molecule has 0 radical (unpaired) electrons. The van der Waals surface area contributed by atoms with Crippen molar-refractivity contribution in [3.8, 4) is 0 Å². The molecule has 3 aromatic rings. The normalized spacial score (nSPS) is 12.6. The molecule has 3 aromatic carbocycles. The molecule has 0 fully saturated rings. The number of halogens is 6. The fourth-order valence-electron chi connectivity index (χ4n) is 4.25. The van der Waals surface area contributed by atoms with Crippen LogP contribution in [0.3, 0.4) is 0 Å². The summed E-state index contributed by atoms with van der Waals surface area (Å²) in [6.07, 6.45) is 10.9. The molecule has 0 aliphatic rings. The van der Waals surface area contributed by atoms with Crippen LogP contribution >= 0.6 is 7.92 Å². The maximum absolute atomic E-state index is 12.1. The standard InChI is InChI=1S/C27H33P.C4H4F6O3S/c1-2-3-4-5-6-7-10-15-24-20-22-27(23-21-24)28(25-16-11-8-12-17-25)26-18-13-9-14-19-26;1-2(5,6)3(7,8)4(9,10)14(11,12)13/h8-9,11-14,16-23H,2-7,10,15H2,1H3;1H3,(H,11,12,13). The van der Waals surface area contributed by atoms with Crippen molar-refractivity contribution < 1.29 is 39.3 Å². The van der Waals surface area contributed by atoms with Gasteiger partial charge in [-0.15, -0.1) is 0 Å². The Morgan fingerprint density at radius 1 is 0.643 bits per heavy atom. The Kier molecular flexibility index (Phi) is 13.5. The average molecular weight is 635 g/mol. The van der Waals surface area contributed by atoms with Crippen molar-refractivity contribution in [2.75, 3.05) is 0 Å². The smallest absolute Gasteiger partial charge is 0.402 e. The molecule has 0 bridgehead atoms. The highest BCUT2D eigenvalue weighted by Crippen LogP contribution is 2.47. The Labute approximate surface area is 245 Å². The minimum absolute atomic E-state index is 0.619. The molecule has 0 saturated heterocycles. The van der Waals surface area contributed by atoms with Gasteiger partial charge in [0.15, 0.2) is 10.1 Å². The van der Waals surface area contributed by atoms with Gasteiger partial charge in [-0.1, -0.05) is 94.0 Å². The van der Waals surface area contributed by atoms with E-state index in [0.717, 1.165) is 0 Å². The maximum atomic E-state index is 12.1. The minimum Gasteiger partial charge on any atom is -0.743 e. The van der Waals surface area contributed by atoms with E-state index in [4.69, 9.17) is 0 Å². The quantitative estimate of drug-likeness (QED) is 0.0785. The molecular formula is C31H37F6O3PS. The largest absolute Gasteiger partial charge is 0.743 e. The third-order valence-corrected chi connectivity index (χ3v) is 10.3. The molecule has 0 saturated carbocycles. The molecule has 0 heterocycles. The molecule has 232 valence electrons. The van der Waals surface area contributed by atoms with Crippen molar-refractivity contribution in [2.45, 2.75) is 82.3 Å². The van der Waals surface area contributed by atoms with Gasteiger partial charge >= 0.3 is 17.1 Å². The minimum atomic E-state index is -6.86. The Morgan fingerprint density at radius 2 is 1.05 bits per heavy atom. The van der Waals surface area contributed by atoms with Crippen molar-refractivity contribution in [3.63, 3.8) is 0 Å². The molecule has 0 aliphatic carbocycles. The van der Waals surface area contributed by atoms with Crippen molar-refractivity contribution in [3.05, 3.63) is 90.5 Å². The number of aryl methyl sites for hydroxylation is 1. The van der Waals surface area contributed by atoms with E-state index in [0.29, 0.717) is 0 Å². The molecule has 3 rings (SSSR count). The summed E-state index contributed by atoms with van der Waals surface area (Å²) in [6.45, 7) is 1.66. The van der Waals surface area contributed by atoms with E-state index in [1.165, 1.54) is 72.8 Å². The van der Waals surface area contributed by atoms with E-state index in [2.05, 4.69) is 91.9 Å². The fraction of sp³-hybridized carbons (Fsp3) is 0.419. The molecule has 3 nitrogen and oxygen atoms in total. The first-order valence-electron chi connectivity index (χ1n) is 13.8. The van der Waals surface area contributed by atoms with E-state index in [1.54, 1.807) is 0 Å². The zero-order valence-electron chi connectivity index (χ0n) is 23.6. The maximum Gasteiger partial charge on any atom is 0.402 e. The lowest BCUT2D eigenvalue weighted by atomic mass is 10.0. The molecule has 0 N–H and O–H groups in total. The predicted octanol–water partition coefficient (Wildman–Crippen LogP) is 7.89. The van der Waals surface area contributed by atoms with Crippen molar-refractivity contribution in [2.24, 2.45) is 0 Å². The van der Waals surface area contributed by atoms with Crippen LogP contribution in [0.1, 0.15) is 64.4 Å². The first kappa shape index (κ1) is 35.8. The van der Waals surface area contributed by atoms with Crippen LogP contribution in [0.5, 0.6) is 0 Å². The van der Waals surface area contributed by atoms with Gasteiger partial charge in [0, 0.05) is 6.92 Å². The van der Waals surface area contributed by atoms with Crippen LogP contribution in [0.4, 0.5) is 26.3 Å². The van der Waals surface area contributed by atoms with Crippen LogP contribution < -0.4 is 15.9 Å². The van der Waals surface area contributed by atoms with E-state index in [9.17, 15) is 39.3 Å². The number of hydrogen-bond donors (Lipinski definition) is 0. The Hall–Kier alpha value is -2.42. The second-order valence-corrected chi connectivity index (χ2v) is 14.0. The third-order valence-electron chi connectivity index (χ3n) is 6.67. The second-order valence-electron chi connectivity index (χ2n) is 10.1. The molecule has 11 heteroatoms.